The Hall–Kier alpha value is -1.27. The Morgan fingerprint density at radius 3 is 2.50 bits per heavy atom. The first kappa shape index (κ1) is 13.7. The van der Waals surface area contributed by atoms with Crippen LogP contribution in [0.5, 0.6) is 11.5 Å². The van der Waals surface area contributed by atoms with E-state index in [4.69, 9.17) is 15.2 Å². The summed E-state index contributed by atoms with van der Waals surface area (Å²) >= 11 is 0. The first-order valence-corrected chi connectivity index (χ1v) is 8.53. The molecule has 1 aliphatic carbocycles. The van der Waals surface area contributed by atoms with E-state index in [2.05, 4.69) is 0 Å². The minimum Gasteiger partial charge on any atom is -0.490 e. The van der Waals surface area contributed by atoms with E-state index in [1.807, 2.05) is 0 Å². The Morgan fingerprint density at radius 1 is 1.05 bits per heavy atom. The average molecular weight is 297 g/mol. The Bertz CT molecular complexity index is 599. The van der Waals surface area contributed by atoms with Crippen LogP contribution in [0.25, 0.3) is 0 Å². The molecular formula is C14H19NO4S. The zero-order valence-corrected chi connectivity index (χ0v) is 12.1. The minimum atomic E-state index is -3.39. The van der Waals surface area contributed by atoms with E-state index in [9.17, 15) is 8.42 Å². The fourth-order valence-corrected chi connectivity index (χ4v) is 4.79. The molecule has 2 N–H and O–H groups in total. The van der Waals surface area contributed by atoms with Gasteiger partial charge in [-0.25, -0.2) is 8.42 Å². The molecule has 0 aromatic heterocycles. The number of benzene rings is 1. The van der Waals surface area contributed by atoms with Crippen LogP contribution < -0.4 is 15.2 Å². The van der Waals surface area contributed by atoms with Crippen molar-refractivity contribution in [2.45, 2.75) is 41.9 Å². The molecule has 1 aromatic rings. The molecule has 6 heteroatoms. The molecule has 0 saturated heterocycles. The van der Waals surface area contributed by atoms with Crippen LogP contribution in [0.4, 0.5) is 0 Å². The highest BCUT2D eigenvalue weighted by atomic mass is 32.2. The van der Waals surface area contributed by atoms with Gasteiger partial charge in [0.15, 0.2) is 21.3 Å². The van der Waals surface area contributed by atoms with E-state index in [-0.39, 0.29) is 10.9 Å². The molecule has 2 atom stereocenters. The largest absolute Gasteiger partial charge is 0.490 e. The van der Waals surface area contributed by atoms with Gasteiger partial charge in [0.25, 0.3) is 0 Å². The van der Waals surface area contributed by atoms with Crippen LogP contribution in [0, 0.1) is 0 Å². The molecule has 1 saturated carbocycles. The summed E-state index contributed by atoms with van der Waals surface area (Å²) in [7, 11) is -3.39. The van der Waals surface area contributed by atoms with Crippen molar-refractivity contribution < 1.29 is 17.9 Å². The van der Waals surface area contributed by atoms with Gasteiger partial charge in [0, 0.05) is 18.5 Å². The van der Waals surface area contributed by atoms with Crippen LogP contribution >= 0.6 is 0 Å². The van der Waals surface area contributed by atoms with Crippen LogP contribution in [-0.2, 0) is 9.84 Å². The number of fused-ring (bicyclic) bond motifs is 1. The lowest BCUT2D eigenvalue weighted by atomic mass is 10.3. The van der Waals surface area contributed by atoms with E-state index in [0.29, 0.717) is 31.1 Å². The molecule has 1 aromatic carbocycles. The average Bonchev–Trinajstić information content (AvgIpc) is 2.73. The summed E-state index contributed by atoms with van der Waals surface area (Å²) in [5.74, 6) is 1.12. The molecule has 5 nitrogen and oxygen atoms in total. The summed E-state index contributed by atoms with van der Waals surface area (Å²) in [5.41, 5.74) is 5.93. The predicted octanol–water partition coefficient (Wildman–Crippen LogP) is 1.50. The molecule has 110 valence electrons. The van der Waals surface area contributed by atoms with Crippen molar-refractivity contribution in [3.63, 3.8) is 0 Å². The predicted molar refractivity (Wildman–Crippen MR) is 74.8 cm³/mol. The zero-order chi connectivity index (χ0) is 14.2. The van der Waals surface area contributed by atoms with Crippen molar-refractivity contribution in [2.75, 3.05) is 13.2 Å². The molecule has 20 heavy (non-hydrogen) atoms. The highest BCUT2D eigenvalue weighted by molar-refractivity contribution is 7.92. The van der Waals surface area contributed by atoms with Gasteiger partial charge in [-0.3, -0.25) is 0 Å². The summed E-state index contributed by atoms with van der Waals surface area (Å²) in [5, 5.41) is -0.479. The first-order chi connectivity index (χ1) is 9.59. The van der Waals surface area contributed by atoms with Crippen molar-refractivity contribution in [1.29, 1.82) is 0 Å². The Balaban J connectivity index is 1.96. The molecule has 0 bridgehead atoms. The molecule has 2 unspecified atom stereocenters. The van der Waals surface area contributed by atoms with E-state index >= 15 is 0 Å². The molecule has 0 radical (unpaired) electrons. The van der Waals surface area contributed by atoms with E-state index in [1.165, 1.54) is 0 Å². The summed E-state index contributed by atoms with van der Waals surface area (Å²) in [6.07, 6.45) is 3.08. The van der Waals surface area contributed by atoms with Gasteiger partial charge >= 0.3 is 0 Å². The molecule has 1 heterocycles. The summed E-state index contributed by atoms with van der Waals surface area (Å²) in [4.78, 5) is 0.282. The van der Waals surface area contributed by atoms with Crippen molar-refractivity contribution >= 4 is 9.84 Å². The van der Waals surface area contributed by atoms with Crippen molar-refractivity contribution in [1.82, 2.24) is 0 Å². The maximum atomic E-state index is 12.6. The Kier molecular flexibility index (Phi) is 3.60. The first-order valence-electron chi connectivity index (χ1n) is 6.98. The van der Waals surface area contributed by atoms with Gasteiger partial charge in [-0.15, -0.1) is 0 Å². The fraction of sp³-hybridized carbons (Fsp3) is 0.571. The van der Waals surface area contributed by atoms with Crippen LogP contribution in [0.1, 0.15) is 25.7 Å². The van der Waals surface area contributed by atoms with Gasteiger partial charge in [0.05, 0.1) is 23.4 Å². The Morgan fingerprint density at radius 2 is 1.80 bits per heavy atom. The maximum absolute atomic E-state index is 12.6. The van der Waals surface area contributed by atoms with Gasteiger partial charge in [-0.05, 0) is 25.0 Å². The lowest BCUT2D eigenvalue weighted by Gasteiger charge is -2.17. The number of hydrogen-bond donors (Lipinski definition) is 1. The molecule has 0 spiro atoms. The number of hydrogen-bond acceptors (Lipinski definition) is 5. The summed E-state index contributed by atoms with van der Waals surface area (Å²) < 4.78 is 36.4. The van der Waals surface area contributed by atoms with Gasteiger partial charge in [-0.2, -0.15) is 0 Å². The van der Waals surface area contributed by atoms with Crippen LogP contribution in [-0.4, -0.2) is 32.9 Å². The monoisotopic (exact) mass is 297 g/mol. The third-order valence-electron chi connectivity index (χ3n) is 3.95. The van der Waals surface area contributed by atoms with E-state index in [0.717, 1.165) is 19.3 Å². The normalized spacial score (nSPS) is 26.2. The van der Waals surface area contributed by atoms with Gasteiger partial charge in [0.2, 0.25) is 0 Å². The molecular weight excluding hydrogens is 278 g/mol. The van der Waals surface area contributed by atoms with Crippen molar-refractivity contribution in [2.24, 2.45) is 5.73 Å². The standard InChI is InChI=1S/C14H19NO4S/c15-11-3-1-4-14(11)20(16,17)10-5-6-12-13(9-10)19-8-2-7-18-12/h5-6,9,11,14H,1-4,7-8,15H2. The zero-order valence-electron chi connectivity index (χ0n) is 11.2. The number of ether oxygens (including phenoxy) is 2. The molecule has 1 aliphatic heterocycles. The summed E-state index contributed by atoms with van der Waals surface area (Å²) in [6, 6.07) is 4.57. The number of rotatable bonds is 2. The quantitative estimate of drug-likeness (QED) is 0.895. The van der Waals surface area contributed by atoms with Crippen molar-refractivity contribution in [3.05, 3.63) is 18.2 Å². The van der Waals surface area contributed by atoms with E-state index < -0.39 is 15.1 Å². The Labute approximate surface area is 119 Å². The second kappa shape index (κ2) is 5.26. The van der Waals surface area contributed by atoms with Gasteiger partial charge < -0.3 is 15.2 Å². The SMILES string of the molecule is NC1CCCC1S(=O)(=O)c1ccc2c(c1)OCCCO2. The smallest absolute Gasteiger partial charge is 0.182 e. The number of sulfone groups is 1. The lowest BCUT2D eigenvalue weighted by Crippen LogP contribution is -2.35. The second-order valence-electron chi connectivity index (χ2n) is 5.34. The van der Waals surface area contributed by atoms with Crippen LogP contribution in [0.15, 0.2) is 23.1 Å². The number of nitrogens with two attached hydrogens (primary N) is 1. The minimum absolute atomic E-state index is 0.268. The van der Waals surface area contributed by atoms with Crippen molar-refractivity contribution in [3.8, 4) is 11.5 Å². The lowest BCUT2D eigenvalue weighted by molar-refractivity contribution is 0.297. The maximum Gasteiger partial charge on any atom is 0.182 e. The summed E-state index contributed by atoms with van der Waals surface area (Å²) in [6.45, 7) is 1.13. The third-order valence-corrected chi connectivity index (χ3v) is 6.24. The van der Waals surface area contributed by atoms with Gasteiger partial charge in [-0.1, -0.05) is 6.42 Å². The topological polar surface area (TPSA) is 78.6 Å². The molecule has 1 fully saturated rings. The third kappa shape index (κ3) is 2.38. The highest BCUT2D eigenvalue weighted by Gasteiger charge is 2.36. The fourth-order valence-electron chi connectivity index (χ4n) is 2.84. The molecule has 0 amide bonds. The molecule has 3 rings (SSSR count). The van der Waals surface area contributed by atoms with Crippen LogP contribution in [0.2, 0.25) is 0 Å². The van der Waals surface area contributed by atoms with Gasteiger partial charge in [0.1, 0.15) is 0 Å². The molecule has 2 aliphatic rings. The van der Waals surface area contributed by atoms with E-state index in [1.54, 1.807) is 18.2 Å². The second-order valence-corrected chi connectivity index (χ2v) is 7.50. The van der Waals surface area contributed by atoms with Crippen LogP contribution in [0.3, 0.4) is 0 Å². The highest BCUT2D eigenvalue weighted by Crippen LogP contribution is 2.35.